The van der Waals surface area contributed by atoms with Crippen molar-refractivity contribution >= 4 is 11.0 Å². The third kappa shape index (κ3) is 3.08. The van der Waals surface area contributed by atoms with E-state index in [9.17, 15) is 0 Å². The molecule has 0 aliphatic rings. The van der Waals surface area contributed by atoms with Crippen LogP contribution in [0.2, 0.25) is 0 Å². The minimum Gasteiger partial charge on any atom is -0.497 e. The van der Waals surface area contributed by atoms with Crippen molar-refractivity contribution in [2.24, 2.45) is 0 Å². The summed E-state index contributed by atoms with van der Waals surface area (Å²) < 4.78 is 5.26. The van der Waals surface area contributed by atoms with Gasteiger partial charge < -0.3 is 9.72 Å². The summed E-state index contributed by atoms with van der Waals surface area (Å²) in [6, 6.07) is 12.3. The first-order valence-corrected chi connectivity index (χ1v) is 8.09. The van der Waals surface area contributed by atoms with Crippen molar-refractivity contribution in [3.05, 3.63) is 48.2 Å². The van der Waals surface area contributed by atoms with Crippen LogP contribution in [0.1, 0.15) is 19.4 Å². The smallest absolute Gasteiger partial charge is 0.138 e. The number of benzene rings is 1. The van der Waals surface area contributed by atoms with Crippen LogP contribution < -0.4 is 4.74 Å². The number of H-pyrrole nitrogens is 1. The molecule has 0 amide bonds. The van der Waals surface area contributed by atoms with Crippen LogP contribution in [0.25, 0.3) is 22.3 Å². The third-order valence-corrected chi connectivity index (χ3v) is 4.33. The first-order chi connectivity index (χ1) is 11.3. The van der Waals surface area contributed by atoms with Gasteiger partial charge in [-0.1, -0.05) is 13.8 Å². The molecular formula is C19H23N3O. The van der Waals surface area contributed by atoms with Gasteiger partial charge in [-0.2, -0.15) is 0 Å². The summed E-state index contributed by atoms with van der Waals surface area (Å²) in [7, 11) is 1.69. The molecule has 120 valence electrons. The number of rotatable bonds is 6. The molecule has 2 heterocycles. The van der Waals surface area contributed by atoms with Gasteiger partial charge in [-0.05, 0) is 55.1 Å². The summed E-state index contributed by atoms with van der Waals surface area (Å²) >= 11 is 0. The predicted molar refractivity (Wildman–Crippen MR) is 94.7 cm³/mol. The SMILES string of the molecule is CCN(CC)Cc1c(-c2ccc(OC)cc2)[nH]c2ncccc12. The quantitative estimate of drug-likeness (QED) is 0.746. The maximum atomic E-state index is 5.26. The van der Waals surface area contributed by atoms with Gasteiger partial charge in [-0.3, -0.25) is 4.90 Å². The Labute approximate surface area is 137 Å². The molecule has 0 saturated heterocycles. The van der Waals surface area contributed by atoms with Gasteiger partial charge in [-0.15, -0.1) is 0 Å². The number of aromatic amines is 1. The number of nitrogens with one attached hydrogen (secondary N) is 1. The molecule has 0 unspecified atom stereocenters. The van der Waals surface area contributed by atoms with Gasteiger partial charge in [0, 0.05) is 23.7 Å². The Bertz CT molecular complexity index is 773. The van der Waals surface area contributed by atoms with Crippen molar-refractivity contribution in [1.29, 1.82) is 0 Å². The fourth-order valence-corrected chi connectivity index (χ4v) is 2.92. The summed E-state index contributed by atoms with van der Waals surface area (Å²) in [4.78, 5) is 10.4. The molecule has 0 saturated carbocycles. The van der Waals surface area contributed by atoms with Crippen molar-refractivity contribution in [3.8, 4) is 17.0 Å². The fourth-order valence-electron chi connectivity index (χ4n) is 2.92. The molecule has 1 aromatic carbocycles. The average molecular weight is 309 g/mol. The highest BCUT2D eigenvalue weighted by atomic mass is 16.5. The summed E-state index contributed by atoms with van der Waals surface area (Å²) in [5, 5.41) is 1.20. The number of pyridine rings is 1. The van der Waals surface area contributed by atoms with E-state index >= 15 is 0 Å². The molecule has 0 aliphatic carbocycles. The van der Waals surface area contributed by atoms with Gasteiger partial charge in [0.1, 0.15) is 11.4 Å². The van der Waals surface area contributed by atoms with Gasteiger partial charge >= 0.3 is 0 Å². The van der Waals surface area contributed by atoms with E-state index in [2.05, 4.69) is 46.9 Å². The van der Waals surface area contributed by atoms with Gasteiger partial charge in [0.05, 0.1) is 12.8 Å². The molecule has 0 radical (unpaired) electrons. The van der Waals surface area contributed by atoms with E-state index < -0.39 is 0 Å². The van der Waals surface area contributed by atoms with Crippen LogP contribution in [-0.4, -0.2) is 35.1 Å². The lowest BCUT2D eigenvalue weighted by Gasteiger charge is -2.18. The Morgan fingerprint density at radius 2 is 1.83 bits per heavy atom. The highest BCUT2D eigenvalue weighted by Gasteiger charge is 2.15. The van der Waals surface area contributed by atoms with Gasteiger partial charge in [0.15, 0.2) is 0 Å². The monoisotopic (exact) mass is 309 g/mol. The van der Waals surface area contributed by atoms with Crippen LogP contribution in [0.5, 0.6) is 5.75 Å². The molecule has 0 aliphatic heterocycles. The zero-order valence-electron chi connectivity index (χ0n) is 14.0. The Morgan fingerprint density at radius 3 is 2.48 bits per heavy atom. The highest BCUT2D eigenvalue weighted by Crippen LogP contribution is 2.31. The lowest BCUT2D eigenvalue weighted by atomic mass is 10.1. The van der Waals surface area contributed by atoms with Crippen molar-refractivity contribution < 1.29 is 4.74 Å². The van der Waals surface area contributed by atoms with Crippen LogP contribution in [0.15, 0.2) is 42.6 Å². The molecule has 1 N–H and O–H groups in total. The summed E-state index contributed by atoms with van der Waals surface area (Å²) in [5.41, 5.74) is 4.56. The van der Waals surface area contributed by atoms with E-state index in [-0.39, 0.29) is 0 Å². The van der Waals surface area contributed by atoms with E-state index in [1.807, 2.05) is 24.4 Å². The largest absolute Gasteiger partial charge is 0.497 e. The van der Waals surface area contributed by atoms with E-state index in [0.717, 1.165) is 42.3 Å². The molecule has 4 heteroatoms. The van der Waals surface area contributed by atoms with Crippen LogP contribution in [0.3, 0.4) is 0 Å². The standard InChI is InChI=1S/C19H23N3O/c1-4-22(5-2)13-17-16-7-6-12-20-19(16)21-18(17)14-8-10-15(23-3)11-9-14/h6-12H,4-5,13H2,1-3H3,(H,20,21). The maximum Gasteiger partial charge on any atom is 0.138 e. The fraction of sp³-hybridized carbons (Fsp3) is 0.316. The molecule has 2 aromatic heterocycles. The van der Waals surface area contributed by atoms with E-state index in [4.69, 9.17) is 4.74 Å². The predicted octanol–water partition coefficient (Wildman–Crippen LogP) is 4.08. The second kappa shape index (κ2) is 6.84. The molecule has 0 atom stereocenters. The molecular weight excluding hydrogens is 286 g/mol. The van der Waals surface area contributed by atoms with Crippen molar-refractivity contribution in [1.82, 2.24) is 14.9 Å². The summed E-state index contributed by atoms with van der Waals surface area (Å²) in [6.45, 7) is 7.38. The van der Waals surface area contributed by atoms with Crippen molar-refractivity contribution in [2.45, 2.75) is 20.4 Å². The molecule has 0 spiro atoms. The van der Waals surface area contributed by atoms with Crippen LogP contribution in [-0.2, 0) is 6.54 Å². The number of nitrogens with zero attached hydrogens (tertiary/aromatic N) is 2. The second-order valence-electron chi connectivity index (χ2n) is 5.57. The van der Waals surface area contributed by atoms with Crippen LogP contribution >= 0.6 is 0 Å². The number of hydrogen-bond acceptors (Lipinski definition) is 3. The molecule has 23 heavy (non-hydrogen) atoms. The molecule has 4 nitrogen and oxygen atoms in total. The first-order valence-electron chi connectivity index (χ1n) is 8.09. The number of fused-ring (bicyclic) bond motifs is 1. The third-order valence-electron chi connectivity index (χ3n) is 4.33. The lowest BCUT2D eigenvalue weighted by Crippen LogP contribution is -2.22. The van der Waals surface area contributed by atoms with E-state index in [1.165, 1.54) is 10.9 Å². The van der Waals surface area contributed by atoms with Gasteiger partial charge in [-0.25, -0.2) is 4.98 Å². The van der Waals surface area contributed by atoms with Gasteiger partial charge in [0.25, 0.3) is 0 Å². The minimum atomic E-state index is 0.869. The van der Waals surface area contributed by atoms with Crippen molar-refractivity contribution in [3.63, 3.8) is 0 Å². The van der Waals surface area contributed by atoms with E-state index in [0.29, 0.717) is 0 Å². The Kier molecular flexibility index (Phi) is 4.63. The second-order valence-corrected chi connectivity index (χ2v) is 5.57. The molecule has 0 fully saturated rings. The minimum absolute atomic E-state index is 0.869. The first kappa shape index (κ1) is 15.6. The number of hydrogen-bond donors (Lipinski definition) is 1. The zero-order valence-corrected chi connectivity index (χ0v) is 14.0. The number of aromatic nitrogens is 2. The van der Waals surface area contributed by atoms with Crippen molar-refractivity contribution in [2.75, 3.05) is 20.2 Å². The normalized spacial score (nSPS) is 11.3. The van der Waals surface area contributed by atoms with Gasteiger partial charge in [0.2, 0.25) is 0 Å². The maximum absolute atomic E-state index is 5.26. The number of methoxy groups -OCH3 is 1. The lowest BCUT2D eigenvalue weighted by molar-refractivity contribution is 0.297. The number of ether oxygens (including phenoxy) is 1. The summed E-state index contributed by atoms with van der Waals surface area (Å²) in [6.07, 6.45) is 1.83. The zero-order chi connectivity index (χ0) is 16.2. The summed E-state index contributed by atoms with van der Waals surface area (Å²) in [5.74, 6) is 0.869. The average Bonchev–Trinajstić information content (AvgIpc) is 2.98. The van der Waals surface area contributed by atoms with Crippen LogP contribution in [0.4, 0.5) is 0 Å². The Morgan fingerprint density at radius 1 is 1.09 bits per heavy atom. The van der Waals surface area contributed by atoms with Crippen LogP contribution in [0, 0.1) is 0 Å². The van der Waals surface area contributed by atoms with E-state index in [1.54, 1.807) is 7.11 Å². The topological polar surface area (TPSA) is 41.1 Å². The Balaban J connectivity index is 2.10. The Hall–Kier alpha value is -2.33. The molecule has 3 aromatic rings. The molecule has 0 bridgehead atoms. The highest BCUT2D eigenvalue weighted by molar-refractivity contribution is 5.88. The molecule has 3 rings (SSSR count).